The van der Waals surface area contributed by atoms with Crippen LogP contribution in [0.3, 0.4) is 0 Å². The second kappa shape index (κ2) is 3.68. The summed E-state index contributed by atoms with van der Waals surface area (Å²) in [5.41, 5.74) is 7.36. The summed E-state index contributed by atoms with van der Waals surface area (Å²) in [4.78, 5) is 0. The van der Waals surface area contributed by atoms with Crippen molar-refractivity contribution in [3.8, 4) is 5.75 Å². The fourth-order valence-electron chi connectivity index (χ4n) is 2.16. The number of nitrogens with two attached hydrogens (primary N) is 1. The second-order valence-corrected chi connectivity index (χ2v) is 4.00. The molecule has 2 N–H and O–H groups in total. The second-order valence-electron chi connectivity index (χ2n) is 4.00. The first-order chi connectivity index (χ1) is 7.86. The topological polar surface area (TPSA) is 48.4 Å². The Labute approximate surface area is 93.8 Å². The molecule has 0 saturated heterocycles. The molecule has 0 bridgehead atoms. The van der Waals surface area contributed by atoms with Crippen LogP contribution in [-0.2, 0) is 0 Å². The summed E-state index contributed by atoms with van der Waals surface area (Å²) in [6, 6.07) is 11.6. The lowest BCUT2D eigenvalue weighted by Crippen LogP contribution is -2.20. The number of ether oxygens (including phenoxy) is 1. The van der Waals surface area contributed by atoms with Crippen LogP contribution in [0.5, 0.6) is 5.75 Å². The van der Waals surface area contributed by atoms with E-state index in [0.717, 1.165) is 11.5 Å². The Morgan fingerprint density at radius 1 is 1.19 bits per heavy atom. The van der Waals surface area contributed by atoms with Crippen molar-refractivity contribution in [1.29, 1.82) is 0 Å². The average Bonchev–Trinajstić information content (AvgIpc) is 2.98. The maximum Gasteiger partial charge on any atom is 0.122 e. The third-order valence-corrected chi connectivity index (χ3v) is 3.04. The normalized spacial score (nSPS) is 20.2. The molecule has 2 heterocycles. The summed E-state index contributed by atoms with van der Waals surface area (Å²) < 4.78 is 11.0. The highest BCUT2D eigenvalue weighted by molar-refractivity contribution is 5.41. The van der Waals surface area contributed by atoms with E-state index >= 15 is 0 Å². The zero-order valence-corrected chi connectivity index (χ0v) is 8.80. The van der Waals surface area contributed by atoms with Crippen LogP contribution in [0.2, 0.25) is 0 Å². The first-order valence-electron chi connectivity index (χ1n) is 5.37. The average molecular weight is 215 g/mol. The van der Waals surface area contributed by atoms with E-state index in [1.54, 1.807) is 6.26 Å². The molecule has 0 spiro atoms. The van der Waals surface area contributed by atoms with Gasteiger partial charge in [0.1, 0.15) is 11.5 Å². The van der Waals surface area contributed by atoms with Gasteiger partial charge in [-0.1, -0.05) is 18.2 Å². The summed E-state index contributed by atoms with van der Waals surface area (Å²) >= 11 is 0. The number of rotatable bonds is 2. The van der Waals surface area contributed by atoms with Gasteiger partial charge in [-0.3, -0.25) is 0 Å². The molecule has 82 valence electrons. The third-order valence-electron chi connectivity index (χ3n) is 3.04. The Morgan fingerprint density at radius 3 is 2.88 bits per heavy atom. The van der Waals surface area contributed by atoms with Crippen molar-refractivity contribution < 1.29 is 9.15 Å². The van der Waals surface area contributed by atoms with E-state index in [2.05, 4.69) is 6.07 Å². The number of hydrogen-bond acceptors (Lipinski definition) is 3. The first-order valence-corrected chi connectivity index (χ1v) is 5.37. The maximum atomic E-state index is 6.19. The van der Waals surface area contributed by atoms with Crippen LogP contribution >= 0.6 is 0 Å². The lowest BCUT2D eigenvalue weighted by Gasteiger charge is -2.15. The fourth-order valence-corrected chi connectivity index (χ4v) is 2.16. The molecule has 2 atom stereocenters. The number of benzene rings is 1. The predicted molar refractivity (Wildman–Crippen MR) is 60.3 cm³/mol. The Bertz CT molecular complexity index is 478. The highest BCUT2D eigenvalue weighted by atomic mass is 16.5. The number of fused-ring (bicyclic) bond motifs is 1. The van der Waals surface area contributed by atoms with Gasteiger partial charge >= 0.3 is 0 Å². The molecule has 1 aromatic carbocycles. The van der Waals surface area contributed by atoms with Crippen molar-refractivity contribution >= 4 is 0 Å². The van der Waals surface area contributed by atoms with Crippen molar-refractivity contribution in [2.24, 2.45) is 5.73 Å². The maximum absolute atomic E-state index is 6.19. The molecule has 0 aliphatic carbocycles. The van der Waals surface area contributed by atoms with Gasteiger partial charge in [-0.25, -0.2) is 0 Å². The fraction of sp³-hybridized carbons (Fsp3) is 0.231. The monoisotopic (exact) mass is 215 g/mol. The smallest absolute Gasteiger partial charge is 0.122 e. The minimum Gasteiger partial charge on any atom is -0.493 e. The lowest BCUT2D eigenvalue weighted by atomic mass is 9.92. The van der Waals surface area contributed by atoms with Gasteiger partial charge in [-0.2, -0.15) is 0 Å². The van der Waals surface area contributed by atoms with Crippen molar-refractivity contribution in [2.45, 2.75) is 12.0 Å². The van der Waals surface area contributed by atoms with Crippen LogP contribution in [-0.4, -0.2) is 6.61 Å². The van der Waals surface area contributed by atoms with Crippen molar-refractivity contribution in [3.63, 3.8) is 0 Å². The van der Waals surface area contributed by atoms with Gasteiger partial charge in [0.05, 0.1) is 18.9 Å². The zero-order chi connectivity index (χ0) is 11.0. The Hall–Kier alpha value is -1.74. The van der Waals surface area contributed by atoms with Gasteiger partial charge in [-0.05, 0) is 18.2 Å². The van der Waals surface area contributed by atoms with Crippen molar-refractivity contribution in [2.75, 3.05) is 6.61 Å². The molecule has 3 nitrogen and oxygen atoms in total. The van der Waals surface area contributed by atoms with E-state index < -0.39 is 0 Å². The molecule has 1 aliphatic rings. The largest absolute Gasteiger partial charge is 0.493 e. The molecule has 0 fully saturated rings. The minimum absolute atomic E-state index is 0.140. The molecule has 0 saturated carbocycles. The zero-order valence-electron chi connectivity index (χ0n) is 8.80. The number of hydrogen-bond donors (Lipinski definition) is 1. The standard InChI is InChI=1S/C13H13NO2/c14-13(12-6-3-7-15-12)10-8-16-11-5-2-1-4-9(10)11/h1-7,10,13H,8,14H2. The summed E-state index contributed by atoms with van der Waals surface area (Å²) in [5.74, 6) is 1.93. The molecular formula is C13H13NO2. The highest BCUT2D eigenvalue weighted by Crippen LogP contribution is 2.39. The third kappa shape index (κ3) is 1.41. The van der Waals surface area contributed by atoms with E-state index in [1.807, 2.05) is 30.3 Å². The van der Waals surface area contributed by atoms with Gasteiger partial charge in [0.25, 0.3) is 0 Å². The summed E-state index contributed by atoms with van der Waals surface area (Å²) in [6.45, 7) is 0.626. The summed E-state index contributed by atoms with van der Waals surface area (Å²) in [7, 11) is 0. The van der Waals surface area contributed by atoms with Gasteiger partial charge in [0.15, 0.2) is 0 Å². The van der Waals surface area contributed by atoms with Crippen molar-refractivity contribution in [3.05, 3.63) is 54.0 Å². The Kier molecular flexibility index (Phi) is 2.18. The molecule has 1 aliphatic heterocycles. The van der Waals surface area contributed by atoms with E-state index in [1.165, 1.54) is 5.56 Å². The molecule has 1 aromatic heterocycles. The van der Waals surface area contributed by atoms with Gasteiger partial charge in [0.2, 0.25) is 0 Å². The molecule has 16 heavy (non-hydrogen) atoms. The van der Waals surface area contributed by atoms with Crippen LogP contribution in [0.1, 0.15) is 23.3 Å². The van der Waals surface area contributed by atoms with Crippen LogP contribution in [0.4, 0.5) is 0 Å². The first kappa shape index (κ1) is 9.48. The molecule has 2 unspecified atom stereocenters. The Balaban J connectivity index is 1.93. The molecule has 0 radical (unpaired) electrons. The molecule has 0 amide bonds. The van der Waals surface area contributed by atoms with Crippen LogP contribution in [0.25, 0.3) is 0 Å². The molecule has 3 heteroatoms. The lowest BCUT2D eigenvalue weighted by molar-refractivity contribution is 0.303. The van der Waals surface area contributed by atoms with Gasteiger partial charge in [-0.15, -0.1) is 0 Å². The van der Waals surface area contributed by atoms with Gasteiger partial charge in [0, 0.05) is 11.5 Å². The van der Waals surface area contributed by atoms with E-state index in [9.17, 15) is 0 Å². The summed E-state index contributed by atoms with van der Waals surface area (Å²) in [6.07, 6.45) is 1.65. The summed E-state index contributed by atoms with van der Waals surface area (Å²) in [5, 5.41) is 0. The highest BCUT2D eigenvalue weighted by Gasteiger charge is 2.31. The van der Waals surface area contributed by atoms with E-state index in [0.29, 0.717) is 6.61 Å². The quantitative estimate of drug-likeness (QED) is 0.837. The molecule has 2 aromatic rings. The predicted octanol–water partition coefficient (Wildman–Crippen LogP) is 2.46. The SMILES string of the molecule is NC(c1ccco1)C1COc2ccccc21. The van der Waals surface area contributed by atoms with Crippen LogP contribution in [0, 0.1) is 0 Å². The number of para-hydroxylation sites is 1. The minimum atomic E-state index is -0.140. The van der Waals surface area contributed by atoms with Crippen molar-refractivity contribution in [1.82, 2.24) is 0 Å². The van der Waals surface area contributed by atoms with Crippen LogP contribution in [0.15, 0.2) is 47.1 Å². The number of furan rings is 1. The van der Waals surface area contributed by atoms with Crippen LogP contribution < -0.4 is 10.5 Å². The molecular weight excluding hydrogens is 202 g/mol. The van der Waals surface area contributed by atoms with E-state index in [-0.39, 0.29) is 12.0 Å². The molecule has 3 rings (SSSR count). The Morgan fingerprint density at radius 2 is 2.06 bits per heavy atom. The van der Waals surface area contributed by atoms with Gasteiger partial charge < -0.3 is 14.9 Å². The van der Waals surface area contributed by atoms with E-state index in [4.69, 9.17) is 14.9 Å².